The molecule has 0 radical (unpaired) electrons. The fourth-order valence-electron chi connectivity index (χ4n) is 2.65. The molecule has 4 nitrogen and oxygen atoms in total. The standard InChI is InChI=1S/C17H14Cl2O4/c1-21-14-6-10-7-16(20)23-17(11(10)8-15(14)22-2)9-3-4-12(18)13(19)5-9/h3-6,8,17H,7H2,1-2H3/t17-/m1/s1. The van der Waals surface area contributed by atoms with E-state index < -0.39 is 6.10 Å². The fourth-order valence-corrected chi connectivity index (χ4v) is 2.96. The number of benzene rings is 2. The molecule has 0 spiro atoms. The number of esters is 1. The summed E-state index contributed by atoms with van der Waals surface area (Å²) in [6.07, 6.45) is -0.367. The summed E-state index contributed by atoms with van der Waals surface area (Å²) >= 11 is 12.0. The molecule has 0 aromatic heterocycles. The molecule has 0 unspecified atom stereocenters. The summed E-state index contributed by atoms with van der Waals surface area (Å²) in [5.41, 5.74) is 2.44. The molecule has 0 fully saturated rings. The number of halogens is 2. The molecule has 0 aliphatic carbocycles. The van der Waals surface area contributed by atoms with Crippen LogP contribution in [0, 0.1) is 0 Å². The van der Waals surface area contributed by atoms with Gasteiger partial charge in [0.15, 0.2) is 17.6 Å². The topological polar surface area (TPSA) is 44.8 Å². The maximum absolute atomic E-state index is 12.0. The van der Waals surface area contributed by atoms with Gasteiger partial charge in [-0.25, -0.2) is 0 Å². The molecule has 0 bridgehead atoms. The van der Waals surface area contributed by atoms with Crippen LogP contribution in [0.5, 0.6) is 11.5 Å². The first-order valence-corrected chi connectivity index (χ1v) is 7.68. The molecule has 0 saturated carbocycles. The van der Waals surface area contributed by atoms with E-state index in [1.807, 2.05) is 6.07 Å². The first kappa shape index (κ1) is 16.0. The van der Waals surface area contributed by atoms with E-state index in [-0.39, 0.29) is 12.4 Å². The van der Waals surface area contributed by atoms with Crippen molar-refractivity contribution in [2.75, 3.05) is 14.2 Å². The minimum absolute atomic E-state index is 0.188. The zero-order valence-corrected chi connectivity index (χ0v) is 14.1. The van der Waals surface area contributed by atoms with Crippen molar-refractivity contribution in [1.29, 1.82) is 0 Å². The minimum atomic E-state index is -0.555. The van der Waals surface area contributed by atoms with Crippen LogP contribution in [-0.4, -0.2) is 20.2 Å². The van der Waals surface area contributed by atoms with Gasteiger partial charge in [-0.3, -0.25) is 4.79 Å². The van der Waals surface area contributed by atoms with Crippen molar-refractivity contribution in [3.8, 4) is 11.5 Å². The Balaban J connectivity index is 2.13. The zero-order chi connectivity index (χ0) is 16.6. The largest absolute Gasteiger partial charge is 0.493 e. The number of ether oxygens (including phenoxy) is 3. The van der Waals surface area contributed by atoms with Gasteiger partial charge in [0.05, 0.1) is 30.7 Å². The second kappa shape index (κ2) is 6.30. The van der Waals surface area contributed by atoms with E-state index in [2.05, 4.69) is 0 Å². The summed E-state index contributed by atoms with van der Waals surface area (Å²) < 4.78 is 16.2. The van der Waals surface area contributed by atoms with Crippen molar-refractivity contribution >= 4 is 29.2 Å². The van der Waals surface area contributed by atoms with E-state index in [0.29, 0.717) is 21.5 Å². The Morgan fingerprint density at radius 1 is 1.04 bits per heavy atom. The Bertz CT molecular complexity index is 773. The Labute approximate surface area is 143 Å². The lowest BCUT2D eigenvalue weighted by Crippen LogP contribution is -2.22. The highest BCUT2D eigenvalue weighted by Crippen LogP contribution is 2.40. The quantitative estimate of drug-likeness (QED) is 0.776. The van der Waals surface area contributed by atoms with E-state index in [0.717, 1.165) is 16.7 Å². The van der Waals surface area contributed by atoms with Gasteiger partial charge < -0.3 is 14.2 Å². The van der Waals surface area contributed by atoms with E-state index in [1.165, 1.54) is 0 Å². The van der Waals surface area contributed by atoms with Crippen LogP contribution in [0.25, 0.3) is 0 Å². The molecule has 23 heavy (non-hydrogen) atoms. The number of hydrogen-bond acceptors (Lipinski definition) is 4. The third-order valence-electron chi connectivity index (χ3n) is 3.76. The Kier molecular flexibility index (Phi) is 4.37. The van der Waals surface area contributed by atoms with Crippen LogP contribution in [0.1, 0.15) is 22.8 Å². The Morgan fingerprint density at radius 3 is 2.39 bits per heavy atom. The number of carbonyl (C=O) groups excluding carboxylic acids is 1. The lowest BCUT2D eigenvalue weighted by atomic mass is 9.92. The van der Waals surface area contributed by atoms with Gasteiger partial charge in [0.2, 0.25) is 0 Å². The maximum Gasteiger partial charge on any atom is 0.311 e. The van der Waals surface area contributed by atoms with Crippen molar-refractivity contribution in [3.63, 3.8) is 0 Å². The third-order valence-corrected chi connectivity index (χ3v) is 4.50. The highest BCUT2D eigenvalue weighted by atomic mass is 35.5. The summed E-state index contributed by atoms with van der Waals surface area (Å²) in [7, 11) is 3.12. The van der Waals surface area contributed by atoms with Crippen molar-refractivity contribution in [2.45, 2.75) is 12.5 Å². The van der Waals surface area contributed by atoms with Gasteiger partial charge in [0.25, 0.3) is 0 Å². The Morgan fingerprint density at radius 2 is 1.74 bits per heavy atom. The average Bonchev–Trinajstić information content (AvgIpc) is 2.55. The lowest BCUT2D eigenvalue weighted by molar-refractivity contribution is -0.148. The molecule has 2 aromatic carbocycles. The van der Waals surface area contributed by atoms with E-state index in [4.69, 9.17) is 37.4 Å². The Hall–Kier alpha value is -1.91. The molecule has 0 amide bonds. The van der Waals surface area contributed by atoms with Gasteiger partial charge in [-0.05, 0) is 35.4 Å². The van der Waals surface area contributed by atoms with Crippen LogP contribution in [0.15, 0.2) is 30.3 Å². The molecule has 1 heterocycles. The normalized spacial score (nSPS) is 16.5. The van der Waals surface area contributed by atoms with Crippen molar-refractivity contribution in [3.05, 3.63) is 57.1 Å². The summed E-state index contributed by atoms with van der Waals surface area (Å²) in [6, 6.07) is 8.81. The van der Waals surface area contributed by atoms with Crippen molar-refractivity contribution in [2.24, 2.45) is 0 Å². The highest BCUT2D eigenvalue weighted by Gasteiger charge is 2.30. The van der Waals surface area contributed by atoms with Crippen LogP contribution in [0.2, 0.25) is 10.0 Å². The second-order valence-corrected chi connectivity index (χ2v) is 5.94. The molecule has 120 valence electrons. The number of rotatable bonds is 3. The predicted octanol–water partition coefficient (Wildman–Crippen LogP) is 4.20. The monoisotopic (exact) mass is 352 g/mol. The summed E-state index contributed by atoms with van der Waals surface area (Å²) in [6.45, 7) is 0. The van der Waals surface area contributed by atoms with Crippen LogP contribution in [0.4, 0.5) is 0 Å². The third kappa shape index (κ3) is 2.96. The van der Waals surface area contributed by atoms with E-state index >= 15 is 0 Å². The SMILES string of the molecule is COc1cc2c(cc1OC)[C@@H](c1ccc(Cl)c(Cl)c1)OC(=O)C2. The highest BCUT2D eigenvalue weighted by molar-refractivity contribution is 6.42. The fraction of sp³-hybridized carbons (Fsp3) is 0.235. The lowest BCUT2D eigenvalue weighted by Gasteiger charge is -2.27. The molecule has 2 aromatic rings. The molecule has 1 aliphatic heterocycles. The number of carbonyl (C=O) groups is 1. The summed E-state index contributed by atoms with van der Waals surface area (Å²) in [5.74, 6) is 0.851. The second-order valence-electron chi connectivity index (χ2n) is 5.13. The molecule has 1 atom stereocenters. The smallest absolute Gasteiger partial charge is 0.311 e. The summed E-state index contributed by atoms with van der Waals surface area (Å²) in [5, 5.41) is 0.859. The molecule has 0 N–H and O–H groups in total. The molecular formula is C17H14Cl2O4. The van der Waals surface area contributed by atoms with Crippen LogP contribution in [0.3, 0.4) is 0 Å². The van der Waals surface area contributed by atoms with Gasteiger partial charge in [-0.2, -0.15) is 0 Å². The molecule has 6 heteroatoms. The van der Waals surface area contributed by atoms with Crippen molar-refractivity contribution in [1.82, 2.24) is 0 Å². The van der Waals surface area contributed by atoms with Gasteiger partial charge >= 0.3 is 5.97 Å². The average molecular weight is 353 g/mol. The molecule has 0 saturated heterocycles. The first-order chi connectivity index (χ1) is 11.0. The van der Waals surface area contributed by atoms with Crippen LogP contribution >= 0.6 is 23.2 Å². The summed E-state index contributed by atoms with van der Waals surface area (Å²) in [4.78, 5) is 12.0. The maximum atomic E-state index is 12.0. The van der Waals surface area contributed by atoms with Crippen LogP contribution < -0.4 is 9.47 Å². The number of cyclic esters (lactones) is 1. The van der Waals surface area contributed by atoms with Gasteiger partial charge in [0.1, 0.15) is 0 Å². The molecular weight excluding hydrogens is 339 g/mol. The molecule has 3 rings (SSSR count). The minimum Gasteiger partial charge on any atom is -0.493 e. The first-order valence-electron chi connectivity index (χ1n) is 6.92. The van der Waals surface area contributed by atoms with Crippen molar-refractivity contribution < 1.29 is 19.0 Å². The van der Waals surface area contributed by atoms with Gasteiger partial charge in [0, 0.05) is 5.56 Å². The predicted molar refractivity (Wildman–Crippen MR) is 87.6 cm³/mol. The van der Waals surface area contributed by atoms with Crippen LogP contribution in [-0.2, 0) is 16.0 Å². The number of methoxy groups -OCH3 is 2. The van der Waals surface area contributed by atoms with E-state index in [1.54, 1.807) is 38.5 Å². The van der Waals surface area contributed by atoms with E-state index in [9.17, 15) is 4.79 Å². The van der Waals surface area contributed by atoms with Gasteiger partial charge in [-0.1, -0.05) is 29.3 Å². The number of hydrogen-bond donors (Lipinski definition) is 0. The van der Waals surface area contributed by atoms with Gasteiger partial charge in [-0.15, -0.1) is 0 Å². The zero-order valence-electron chi connectivity index (χ0n) is 12.6. The molecule has 1 aliphatic rings. The number of fused-ring (bicyclic) bond motifs is 1.